The first kappa shape index (κ1) is 22.0. The van der Waals surface area contributed by atoms with E-state index < -0.39 is 0 Å². The number of hydrogen-bond donors (Lipinski definition) is 0. The fourth-order valence-corrected chi connectivity index (χ4v) is 4.42. The number of aryl methyl sites for hydroxylation is 2. The number of imidazole rings is 1. The second kappa shape index (κ2) is 10.0. The summed E-state index contributed by atoms with van der Waals surface area (Å²) in [6.07, 6.45) is 1.60. The molecule has 0 N–H and O–H groups in total. The first-order chi connectivity index (χ1) is 16.7. The largest absolute Gasteiger partial charge is 0.494 e. The number of ether oxygens (including phenoxy) is 2. The first-order valence-electron chi connectivity index (χ1n) is 12.0. The average molecular weight is 451 g/mol. The third-order valence-corrected chi connectivity index (χ3v) is 6.13. The van der Waals surface area contributed by atoms with E-state index in [1.54, 1.807) is 0 Å². The Bertz CT molecular complexity index is 1410. The van der Waals surface area contributed by atoms with E-state index in [-0.39, 0.29) is 6.10 Å². The van der Waals surface area contributed by atoms with Gasteiger partial charge in [-0.15, -0.1) is 0 Å². The average Bonchev–Trinajstić information content (AvgIpc) is 3.23. The standard InChI is InChI=1S/C30H30N2O2/c1-3-29(34-26-13-8-10-22(2)20-26)30-31-27-14-6-7-15-28(27)32(30)18-9-19-33-25-17-16-23-11-4-5-12-24(23)21-25/h4-8,10-17,20-21,29H,3,9,18-19H2,1-2H3. The smallest absolute Gasteiger partial charge is 0.156 e. The normalized spacial score (nSPS) is 12.2. The highest BCUT2D eigenvalue weighted by Crippen LogP contribution is 2.28. The first-order valence-corrected chi connectivity index (χ1v) is 12.0. The van der Waals surface area contributed by atoms with Crippen molar-refractivity contribution in [2.75, 3.05) is 6.61 Å². The highest BCUT2D eigenvalue weighted by atomic mass is 16.5. The second-order valence-corrected chi connectivity index (χ2v) is 8.65. The van der Waals surface area contributed by atoms with Crippen molar-refractivity contribution in [3.63, 3.8) is 0 Å². The van der Waals surface area contributed by atoms with Gasteiger partial charge < -0.3 is 14.0 Å². The van der Waals surface area contributed by atoms with Crippen LogP contribution in [0, 0.1) is 6.92 Å². The zero-order chi connectivity index (χ0) is 23.3. The molecule has 4 nitrogen and oxygen atoms in total. The molecule has 0 saturated carbocycles. The summed E-state index contributed by atoms with van der Waals surface area (Å²) in [6, 6.07) is 31.1. The van der Waals surface area contributed by atoms with Crippen LogP contribution in [0.4, 0.5) is 0 Å². The maximum absolute atomic E-state index is 6.40. The molecule has 0 amide bonds. The Hall–Kier alpha value is -3.79. The third kappa shape index (κ3) is 4.76. The molecule has 4 aromatic carbocycles. The SMILES string of the molecule is CCC(Oc1cccc(C)c1)c1nc2ccccc2n1CCCOc1ccc2ccccc2c1. The van der Waals surface area contributed by atoms with Crippen molar-refractivity contribution in [1.29, 1.82) is 0 Å². The minimum Gasteiger partial charge on any atom is -0.494 e. The van der Waals surface area contributed by atoms with E-state index in [9.17, 15) is 0 Å². The lowest BCUT2D eigenvalue weighted by Gasteiger charge is -2.19. The summed E-state index contributed by atoms with van der Waals surface area (Å²) in [6.45, 7) is 5.68. The van der Waals surface area contributed by atoms with Gasteiger partial charge in [0.15, 0.2) is 11.9 Å². The summed E-state index contributed by atoms with van der Waals surface area (Å²) in [5, 5.41) is 2.42. The molecule has 0 saturated heterocycles. The molecule has 0 aliphatic rings. The summed E-state index contributed by atoms with van der Waals surface area (Å²) >= 11 is 0. The van der Waals surface area contributed by atoms with E-state index in [0.29, 0.717) is 6.61 Å². The maximum atomic E-state index is 6.40. The Morgan fingerprint density at radius 2 is 1.65 bits per heavy atom. The van der Waals surface area contributed by atoms with E-state index in [1.807, 2.05) is 24.3 Å². The Morgan fingerprint density at radius 1 is 0.824 bits per heavy atom. The molecule has 0 spiro atoms. The predicted octanol–water partition coefficient (Wildman–Crippen LogP) is 7.50. The van der Waals surface area contributed by atoms with Crippen LogP contribution in [0.25, 0.3) is 21.8 Å². The Labute approximate surface area is 200 Å². The predicted molar refractivity (Wildman–Crippen MR) is 139 cm³/mol. The van der Waals surface area contributed by atoms with Gasteiger partial charge in [0.25, 0.3) is 0 Å². The fourth-order valence-electron chi connectivity index (χ4n) is 4.42. The molecule has 0 aliphatic heterocycles. The van der Waals surface area contributed by atoms with Gasteiger partial charge >= 0.3 is 0 Å². The summed E-state index contributed by atoms with van der Waals surface area (Å²) in [7, 11) is 0. The third-order valence-electron chi connectivity index (χ3n) is 6.13. The molecule has 0 radical (unpaired) electrons. The molecule has 34 heavy (non-hydrogen) atoms. The van der Waals surface area contributed by atoms with E-state index in [1.165, 1.54) is 16.3 Å². The Morgan fingerprint density at radius 3 is 2.50 bits per heavy atom. The molecule has 5 aromatic rings. The van der Waals surface area contributed by atoms with Crippen LogP contribution in [0.5, 0.6) is 11.5 Å². The monoisotopic (exact) mass is 450 g/mol. The molecule has 0 bridgehead atoms. The quantitative estimate of drug-likeness (QED) is 0.218. The van der Waals surface area contributed by atoms with E-state index >= 15 is 0 Å². The minimum absolute atomic E-state index is 0.115. The molecule has 0 fully saturated rings. The maximum Gasteiger partial charge on any atom is 0.156 e. The number of nitrogens with zero attached hydrogens (tertiary/aromatic N) is 2. The van der Waals surface area contributed by atoms with Crippen LogP contribution in [-0.2, 0) is 6.54 Å². The van der Waals surface area contributed by atoms with Crippen LogP contribution in [-0.4, -0.2) is 16.2 Å². The highest BCUT2D eigenvalue weighted by molar-refractivity contribution is 5.83. The second-order valence-electron chi connectivity index (χ2n) is 8.65. The highest BCUT2D eigenvalue weighted by Gasteiger charge is 2.20. The van der Waals surface area contributed by atoms with Gasteiger partial charge in [0.05, 0.1) is 17.6 Å². The van der Waals surface area contributed by atoms with Crippen LogP contribution in [0.2, 0.25) is 0 Å². The van der Waals surface area contributed by atoms with Crippen LogP contribution in [0.3, 0.4) is 0 Å². The van der Waals surface area contributed by atoms with E-state index in [0.717, 1.165) is 47.7 Å². The number of fused-ring (bicyclic) bond motifs is 2. The fraction of sp³-hybridized carbons (Fsp3) is 0.233. The molecule has 0 aliphatic carbocycles. The van der Waals surface area contributed by atoms with Gasteiger partial charge in [0, 0.05) is 6.54 Å². The van der Waals surface area contributed by atoms with Gasteiger partial charge in [0.1, 0.15) is 11.5 Å². The van der Waals surface area contributed by atoms with Crippen LogP contribution in [0.1, 0.15) is 37.3 Å². The zero-order valence-corrected chi connectivity index (χ0v) is 19.8. The van der Waals surface area contributed by atoms with E-state index in [2.05, 4.69) is 85.1 Å². The lowest BCUT2D eigenvalue weighted by molar-refractivity contribution is 0.185. The molecule has 1 aromatic heterocycles. The molecule has 1 heterocycles. The molecule has 5 rings (SSSR count). The van der Waals surface area contributed by atoms with Gasteiger partial charge in [-0.3, -0.25) is 0 Å². The summed E-state index contributed by atoms with van der Waals surface area (Å²) in [5.41, 5.74) is 3.32. The lowest BCUT2D eigenvalue weighted by Crippen LogP contribution is -2.15. The number of hydrogen-bond acceptors (Lipinski definition) is 3. The van der Waals surface area contributed by atoms with Crippen LogP contribution in [0.15, 0.2) is 91.0 Å². The van der Waals surface area contributed by atoms with Crippen LogP contribution >= 0.6 is 0 Å². The number of aromatic nitrogens is 2. The van der Waals surface area contributed by atoms with Crippen molar-refractivity contribution in [2.24, 2.45) is 0 Å². The van der Waals surface area contributed by atoms with Crippen molar-refractivity contribution in [3.05, 3.63) is 102 Å². The van der Waals surface area contributed by atoms with Gasteiger partial charge in [-0.05, 0) is 72.5 Å². The van der Waals surface area contributed by atoms with Crippen molar-refractivity contribution in [1.82, 2.24) is 9.55 Å². The number of rotatable bonds is 9. The Kier molecular flexibility index (Phi) is 6.48. The van der Waals surface area contributed by atoms with Gasteiger partial charge in [-0.2, -0.15) is 0 Å². The minimum atomic E-state index is -0.115. The Balaban J connectivity index is 1.33. The molecule has 172 valence electrons. The van der Waals surface area contributed by atoms with E-state index in [4.69, 9.17) is 14.5 Å². The summed E-state index contributed by atoms with van der Waals surface area (Å²) in [5.74, 6) is 2.75. The van der Waals surface area contributed by atoms with Crippen molar-refractivity contribution in [2.45, 2.75) is 39.3 Å². The zero-order valence-electron chi connectivity index (χ0n) is 19.8. The summed E-state index contributed by atoms with van der Waals surface area (Å²) < 4.78 is 14.8. The van der Waals surface area contributed by atoms with Gasteiger partial charge in [-0.1, -0.05) is 61.5 Å². The summed E-state index contributed by atoms with van der Waals surface area (Å²) in [4.78, 5) is 4.97. The topological polar surface area (TPSA) is 36.3 Å². The molecular weight excluding hydrogens is 420 g/mol. The number of benzene rings is 4. The van der Waals surface area contributed by atoms with Gasteiger partial charge in [0.2, 0.25) is 0 Å². The van der Waals surface area contributed by atoms with Crippen molar-refractivity contribution >= 4 is 21.8 Å². The lowest BCUT2D eigenvalue weighted by atomic mass is 10.1. The molecule has 1 unspecified atom stereocenters. The molecule has 1 atom stereocenters. The van der Waals surface area contributed by atoms with Crippen LogP contribution < -0.4 is 9.47 Å². The van der Waals surface area contributed by atoms with Crippen molar-refractivity contribution in [3.8, 4) is 11.5 Å². The molecular formula is C30H30N2O2. The molecule has 4 heteroatoms. The number of para-hydroxylation sites is 2. The van der Waals surface area contributed by atoms with Crippen molar-refractivity contribution < 1.29 is 9.47 Å². The van der Waals surface area contributed by atoms with Gasteiger partial charge in [-0.25, -0.2) is 4.98 Å².